The van der Waals surface area contributed by atoms with E-state index in [0.717, 1.165) is 51.1 Å². The average Bonchev–Trinajstić information content (AvgIpc) is 3.05. The number of piperazine rings is 1. The van der Waals surface area contributed by atoms with E-state index < -0.39 is 0 Å². The Morgan fingerprint density at radius 2 is 1.84 bits per heavy atom. The van der Waals surface area contributed by atoms with Crippen LogP contribution in [0.2, 0.25) is 0 Å². The molecule has 1 amide bonds. The molecule has 1 aromatic heterocycles. The first-order chi connectivity index (χ1) is 12.2. The predicted molar refractivity (Wildman–Crippen MR) is 98.4 cm³/mol. The normalized spacial score (nSPS) is 19.6. The highest BCUT2D eigenvalue weighted by Gasteiger charge is 2.46. The standard InChI is InChI=1S/C20H26N4O/c1-22-16-18(15-21-22)23-10-12-24(13-11-23)19(25)20(8-5-9-20)14-17-6-3-2-4-7-17/h2-4,6-7,15-16H,5,8-14H2,1H3. The second-order valence-electron chi connectivity index (χ2n) is 7.45. The molecule has 5 heteroatoms. The van der Waals surface area contributed by atoms with Crippen molar-refractivity contribution in [3.63, 3.8) is 0 Å². The van der Waals surface area contributed by atoms with Crippen molar-refractivity contribution in [2.24, 2.45) is 12.5 Å². The summed E-state index contributed by atoms with van der Waals surface area (Å²) in [5.74, 6) is 0.369. The molecule has 1 aromatic carbocycles. The molecule has 1 saturated carbocycles. The fourth-order valence-corrected chi connectivity index (χ4v) is 4.13. The van der Waals surface area contributed by atoms with Crippen LogP contribution in [0, 0.1) is 5.41 Å². The Morgan fingerprint density at radius 1 is 1.12 bits per heavy atom. The van der Waals surface area contributed by atoms with Crippen LogP contribution in [0.4, 0.5) is 5.69 Å². The Morgan fingerprint density at radius 3 is 2.40 bits per heavy atom. The second kappa shape index (κ2) is 6.54. The van der Waals surface area contributed by atoms with Gasteiger partial charge in [0.1, 0.15) is 0 Å². The van der Waals surface area contributed by atoms with Crippen molar-refractivity contribution >= 4 is 11.6 Å². The number of carbonyl (C=O) groups excluding carboxylic acids is 1. The van der Waals surface area contributed by atoms with E-state index in [2.05, 4.69) is 39.2 Å². The summed E-state index contributed by atoms with van der Waals surface area (Å²) in [6.45, 7) is 3.40. The van der Waals surface area contributed by atoms with Gasteiger partial charge >= 0.3 is 0 Å². The minimum Gasteiger partial charge on any atom is -0.365 e. The van der Waals surface area contributed by atoms with Crippen molar-refractivity contribution in [3.05, 3.63) is 48.3 Å². The number of rotatable bonds is 4. The summed E-state index contributed by atoms with van der Waals surface area (Å²) < 4.78 is 1.83. The smallest absolute Gasteiger partial charge is 0.229 e. The number of aryl methyl sites for hydroxylation is 1. The summed E-state index contributed by atoms with van der Waals surface area (Å²) in [7, 11) is 1.94. The quantitative estimate of drug-likeness (QED) is 0.860. The first-order valence-corrected chi connectivity index (χ1v) is 9.23. The van der Waals surface area contributed by atoms with E-state index in [4.69, 9.17) is 0 Å². The number of anilines is 1. The Kier molecular flexibility index (Phi) is 4.24. The van der Waals surface area contributed by atoms with Crippen molar-refractivity contribution in [2.75, 3.05) is 31.1 Å². The molecule has 25 heavy (non-hydrogen) atoms. The number of hydrogen-bond acceptors (Lipinski definition) is 3. The lowest BCUT2D eigenvalue weighted by Crippen LogP contribution is -2.55. The SMILES string of the molecule is Cn1cc(N2CCN(C(=O)C3(Cc4ccccc4)CCC3)CC2)cn1. The molecule has 1 aliphatic carbocycles. The van der Waals surface area contributed by atoms with Crippen LogP contribution in [0.3, 0.4) is 0 Å². The van der Waals surface area contributed by atoms with Crippen LogP contribution in [0.25, 0.3) is 0 Å². The highest BCUT2D eigenvalue weighted by atomic mass is 16.2. The van der Waals surface area contributed by atoms with Gasteiger partial charge in [-0.05, 0) is 24.8 Å². The van der Waals surface area contributed by atoms with Crippen LogP contribution in [-0.4, -0.2) is 46.8 Å². The maximum Gasteiger partial charge on any atom is 0.229 e. The van der Waals surface area contributed by atoms with Crippen molar-refractivity contribution in [3.8, 4) is 0 Å². The molecule has 1 aliphatic heterocycles. The van der Waals surface area contributed by atoms with Crippen molar-refractivity contribution < 1.29 is 4.79 Å². The average molecular weight is 338 g/mol. The number of carbonyl (C=O) groups is 1. The molecular weight excluding hydrogens is 312 g/mol. The minimum atomic E-state index is -0.155. The molecule has 0 radical (unpaired) electrons. The van der Waals surface area contributed by atoms with E-state index in [-0.39, 0.29) is 5.41 Å². The summed E-state index contributed by atoms with van der Waals surface area (Å²) in [5, 5.41) is 4.25. The molecule has 0 atom stereocenters. The number of hydrogen-bond donors (Lipinski definition) is 0. The van der Waals surface area contributed by atoms with Crippen LogP contribution in [0.15, 0.2) is 42.7 Å². The minimum absolute atomic E-state index is 0.155. The van der Waals surface area contributed by atoms with Crippen molar-refractivity contribution in [1.29, 1.82) is 0 Å². The van der Waals surface area contributed by atoms with Gasteiger partial charge in [0.2, 0.25) is 5.91 Å². The van der Waals surface area contributed by atoms with E-state index in [1.54, 1.807) is 0 Å². The summed E-state index contributed by atoms with van der Waals surface area (Å²) in [4.78, 5) is 17.7. The lowest BCUT2D eigenvalue weighted by molar-refractivity contribution is -0.147. The summed E-state index contributed by atoms with van der Waals surface area (Å²) in [5.41, 5.74) is 2.28. The number of nitrogens with zero attached hydrogens (tertiary/aromatic N) is 4. The van der Waals surface area contributed by atoms with E-state index >= 15 is 0 Å². The molecule has 0 spiro atoms. The van der Waals surface area contributed by atoms with Gasteiger partial charge in [-0.3, -0.25) is 9.48 Å². The molecule has 0 N–H and O–H groups in total. The molecule has 2 heterocycles. The van der Waals surface area contributed by atoms with Crippen LogP contribution in [0.5, 0.6) is 0 Å². The molecule has 2 aliphatic rings. The van der Waals surface area contributed by atoms with E-state index in [0.29, 0.717) is 5.91 Å². The molecule has 2 fully saturated rings. The zero-order valence-corrected chi connectivity index (χ0v) is 14.9. The summed E-state index contributed by atoms with van der Waals surface area (Å²) in [6, 6.07) is 10.5. The van der Waals surface area contributed by atoms with Gasteiger partial charge < -0.3 is 9.80 Å². The van der Waals surface area contributed by atoms with Gasteiger partial charge in [-0.2, -0.15) is 5.10 Å². The molecule has 0 bridgehead atoms. The van der Waals surface area contributed by atoms with E-state index in [1.165, 1.54) is 12.0 Å². The van der Waals surface area contributed by atoms with Crippen LogP contribution in [-0.2, 0) is 18.3 Å². The van der Waals surface area contributed by atoms with Gasteiger partial charge in [0.15, 0.2) is 0 Å². The second-order valence-corrected chi connectivity index (χ2v) is 7.45. The highest BCUT2D eigenvalue weighted by molar-refractivity contribution is 5.84. The first-order valence-electron chi connectivity index (χ1n) is 9.23. The zero-order valence-electron chi connectivity index (χ0n) is 14.9. The molecule has 2 aromatic rings. The van der Waals surface area contributed by atoms with Crippen LogP contribution < -0.4 is 4.90 Å². The van der Waals surface area contributed by atoms with Crippen LogP contribution in [0.1, 0.15) is 24.8 Å². The van der Waals surface area contributed by atoms with E-state index in [9.17, 15) is 4.79 Å². The third-order valence-corrected chi connectivity index (χ3v) is 5.77. The number of aromatic nitrogens is 2. The first kappa shape index (κ1) is 16.2. The van der Waals surface area contributed by atoms with Crippen LogP contribution >= 0.6 is 0 Å². The molecule has 1 saturated heterocycles. The van der Waals surface area contributed by atoms with Gasteiger partial charge in [0.25, 0.3) is 0 Å². The third-order valence-electron chi connectivity index (χ3n) is 5.77. The van der Waals surface area contributed by atoms with Gasteiger partial charge in [-0.1, -0.05) is 36.8 Å². The predicted octanol–water partition coefficient (Wildman–Crippen LogP) is 2.48. The van der Waals surface area contributed by atoms with E-state index in [1.807, 2.05) is 30.2 Å². The van der Waals surface area contributed by atoms with Crippen molar-refractivity contribution in [2.45, 2.75) is 25.7 Å². The largest absolute Gasteiger partial charge is 0.365 e. The lowest BCUT2D eigenvalue weighted by atomic mass is 9.64. The molecule has 4 rings (SSSR count). The Balaban J connectivity index is 1.41. The highest BCUT2D eigenvalue weighted by Crippen LogP contribution is 2.45. The van der Waals surface area contributed by atoms with Crippen molar-refractivity contribution in [1.82, 2.24) is 14.7 Å². The Bertz CT molecular complexity index is 727. The topological polar surface area (TPSA) is 41.4 Å². The fourth-order valence-electron chi connectivity index (χ4n) is 4.13. The Labute approximate surface area is 149 Å². The summed E-state index contributed by atoms with van der Waals surface area (Å²) >= 11 is 0. The molecule has 5 nitrogen and oxygen atoms in total. The maximum absolute atomic E-state index is 13.2. The Hall–Kier alpha value is -2.30. The van der Waals surface area contributed by atoms with Gasteiger partial charge in [0.05, 0.1) is 17.3 Å². The summed E-state index contributed by atoms with van der Waals surface area (Å²) in [6.07, 6.45) is 8.07. The molecular formula is C20H26N4O. The molecule has 132 valence electrons. The lowest BCUT2D eigenvalue weighted by Gasteiger charge is -2.46. The number of benzene rings is 1. The maximum atomic E-state index is 13.2. The van der Waals surface area contributed by atoms with Gasteiger partial charge in [0, 0.05) is 39.4 Å². The monoisotopic (exact) mass is 338 g/mol. The fraction of sp³-hybridized carbons (Fsp3) is 0.500. The van der Waals surface area contributed by atoms with Gasteiger partial charge in [-0.15, -0.1) is 0 Å². The van der Waals surface area contributed by atoms with Gasteiger partial charge in [-0.25, -0.2) is 0 Å². The third kappa shape index (κ3) is 3.15. The number of amides is 1. The zero-order chi connectivity index (χ0) is 17.3. The molecule has 0 unspecified atom stereocenters.